The molecule has 0 atom stereocenters. The van der Waals surface area contributed by atoms with Gasteiger partial charge in [-0.15, -0.1) is 0 Å². The molecule has 18 heavy (non-hydrogen) atoms. The summed E-state index contributed by atoms with van der Waals surface area (Å²) in [5.74, 6) is -0.333. The molecule has 7 nitrogen and oxygen atoms in total. The van der Waals surface area contributed by atoms with Gasteiger partial charge in [0.1, 0.15) is 10.6 Å². The molecule has 102 valence electrons. The normalized spacial score (nSPS) is 11.8. The molecule has 1 amide bonds. The molecular formula is C10H18N4O3S. The van der Waals surface area contributed by atoms with Crippen LogP contribution in [0.25, 0.3) is 0 Å². The molecule has 0 aliphatic rings. The van der Waals surface area contributed by atoms with E-state index in [0.717, 1.165) is 4.31 Å². The van der Waals surface area contributed by atoms with E-state index in [1.807, 2.05) is 0 Å². The smallest absolute Gasteiger partial charge is 0.267 e. The summed E-state index contributed by atoms with van der Waals surface area (Å²) in [6.45, 7) is 0.470. The van der Waals surface area contributed by atoms with Gasteiger partial charge in [-0.25, -0.2) is 8.42 Å². The number of aryl methyl sites for hydroxylation is 1. The van der Waals surface area contributed by atoms with E-state index in [4.69, 9.17) is 5.73 Å². The lowest BCUT2D eigenvalue weighted by molar-refractivity contribution is 0.0955. The van der Waals surface area contributed by atoms with Crippen molar-refractivity contribution in [2.45, 2.75) is 4.90 Å². The second-order valence-corrected chi connectivity index (χ2v) is 5.91. The van der Waals surface area contributed by atoms with Gasteiger partial charge in [0.15, 0.2) is 0 Å². The summed E-state index contributed by atoms with van der Waals surface area (Å²) in [5.41, 5.74) is 5.62. The van der Waals surface area contributed by atoms with Gasteiger partial charge in [-0.05, 0) is 6.07 Å². The van der Waals surface area contributed by atoms with Crippen LogP contribution in [0.15, 0.2) is 17.2 Å². The highest BCUT2D eigenvalue weighted by atomic mass is 32.2. The molecule has 0 fully saturated rings. The third kappa shape index (κ3) is 2.71. The number of amides is 1. The fourth-order valence-electron chi connectivity index (χ4n) is 1.51. The summed E-state index contributed by atoms with van der Waals surface area (Å²) in [6, 6.07) is 1.35. The van der Waals surface area contributed by atoms with E-state index in [1.165, 1.54) is 30.9 Å². The van der Waals surface area contributed by atoms with Crippen LogP contribution in [0.2, 0.25) is 0 Å². The van der Waals surface area contributed by atoms with E-state index < -0.39 is 10.0 Å². The van der Waals surface area contributed by atoms with Crippen molar-refractivity contribution >= 4 is 15.9 Å². The third-order valence-corrected chi connectivity index (χ3v) is 4.41. The van der Waals surface area contributed by atoms with Gasteiger partial charge in [0.2, 0.25) is 10.0 Å². The van der Waals surface area contributed by atoms with Crippen molar-refractivity contribution < 1.29 is 13.2 Å². The van der Waals surface area contributed by atoms with Crippen LogP contribution in [0.5, 0.6) is 0 Å². The van der Waals surface area contributed by atoms with Crippen molar-refractivity contribution in [2.75, 3.05) is 27.2 Å². The highest BCUT2D eigenvalue weighted by Crippen LogP contribution is 2.17. The minimum Gasteiger partial charge on any atom is -0.354 e. The first kappa shape index (κ1) is 14.7. The zero-order chi connectivity index (χ0) is 13.9. The summed E-state index contributed by atoms with van der Waals surface area (Å²) < 4.78 is 26.9. The number of sulfonamides is 1. The number of hydrogen-bond donors (Lipinski definition) is 2. The molecule has 1 aromatic heterocycles. The second kappa shape index (κ2) is 5.51. The molecule has 0 spiro atoms. The number of carbonyl (C=O) groups is 1. The summed E-state index contributed by atoms with van der Waals surface area (Å²) in [4.78, 5) is 11.6. The van der Waals surface area contributed by atoms with Crippen molar-refractivity contribution in [3.8, 4) is 0 Å². The van der Waals surface area contributed by atoms with Gasteiger partial charge in [-0.1, -0.05) is 0 Å². The van der Waals surface area contributed by atoms with Crippen LogP contribution < -0.4 is 11.1 Å². The molecule has 0 saturated heterocycles. The topological polar surface area (TPSA) is 97.4 Å². The Bertz CT molecular complexity index is 535. The van der Waals surface area contributed by atoms with Gasteiger partial charge in [-0.2, -0.15) is 4.31 Å². The summed E-state index contributed by atoms with van der Waals surface area (Å²) in [6.07, 6.45) is 1.41. The van der Waals surface area contributed by atoms with E-state index in [1.54, 1.807) is 7.05 Å². The number of hydrogen-bond acceptors (Lipinski definition) is 4. The maximum atomic E-state index is 12.1. The highest BCUT2D eigenvalue weighted by molar-refractivity contribution is 7.89. The number of nitrogens with one attached hydrogen (secondary N) is 1. The van der Waals surface area contributed by atoms with Crippen LogP contribution >= 0.6 is 0 Å². The predicted molar refractivity (Wildman–Crippen MR) is 67.7 cm³/mol. The SMILES string of the molecule is CNC(=O)c1cc(S(=O)(=O)N(C)CCN)cn1C. The molecule has 0 aromatic carbocycles. The molecule has 3 N–H and O–H groups in total. The Hall–Kier alpha value is -1.38. The number of nitrogens with two attached hydrogens (primary N) is 1. The summed E-state index contributed by atoms with van der Waals surface area (Å²) in [5, 5.41) is 2.45. The first-order valence-corrected chi connectivity index (χ1v) is 6.83. The monoisotopic (exact) mass is 274 g/mol. The molecule has 0 radical (unpaired) electrons. The van der Waals surface area contributed by atoms with E-state index in [0.29, 0.717) is 0 Å². The van der Waals surface area contributed by atoms with Crippen LogP contribution in [-0.2, 0) is 17.1 Å². The lowest BCUT2D eigenvalue weighted by atomic mass is 10.4. The quantitative estimate of drug-likeness (QED) is 0.717. The molecule has 0 aliphatic carbocycles. The zero-order valence-corrected chi connectivity index (χ0v) is 11.5. The standard InChI is InChI=1S/C10H18N4O3S/c1-12-10(15)9-6-8(7-13(9)2)18(16,17)14(3)5-4-11/h6-7H,4-5,11H2,1-3H3,(H,12,15). The maximum absolute atomic E-state index is 12.1. The van der Waals surface area contributed by atoms with Crippen molar-refractivity contribution in [1.82, 2.24) is 14.2 Å². The number of rotatable bonds is 5. The average molecular weight is 274 g/mol. The Kier molecular flexibility index (Phi) is 4.49. The molecule has 8 heteroatoms. The van der Waals surface area contributed by atoms with Crippen LogP contribution in [-0.4, -0.2) is 50.4 Å². The zero-order valence-electron chi connectivity index (χ0n) is 10.7. The van der Waals surface area contributed by atoms with E-state index in [2.05, 4.69) is 5.32 Å². The fraction of sp³-hybridized carbons (Fsp3) is 0.500. The number of likely N-dealkylation sites (N-methyl/N-ethyl adjacent to an activating group) is 1. The summed E-state index contributed by atoms with van der Waals surface area (Å²) in [7, 11) is 0.969. The van der Waals surface area contributed by atoms with Gasteiger partial charge in [-0.3, -0.25) is 4.79 Å². The van der Waals surface area contributed by atoms with Crippen LogP contribution in [0.1, 0.15) is 10.5 Å². The second-order valence-electron chi connectivity index (χ2n) is 3.87. The van der Waals surface area contributed by atoms with Gasteiger partial charge in [0.05, 0.1) is 0 Å². The first-order valence-electron chi connectivity index (χ1n) is 5.39. The molecule has 1 rings (SSSR count). The molecule has 1 heterocycles. The van der Waals surface area contributed by atoms with Crippen molar-refractivity contribution in [1.29, 1.82) is 0 Å². The molecule has 0 bridgehead atoms. The number of nitrogens with zero attached hydrogens (tertiary/aromatic N) is 2. The van der Waals surface area contributed by atoms with Crippen molar-refractivity contribution in [2.24, 2.45) is 12.8 Å². The largest absolute Gasteiger partial charge is 0.354 e. The van der Waals surface area contributed by atoms with Crippen LogP contribution in [0.4, 0.5) is 0 Å². The molecule has 0 aliphatic heterocycles. The van der Waals surface area contributed by atoms with Gasteiger partial charge < -0.3 is 15.6 Å². The Morgan fingerprint density at radius 2 is 2.17 bits per heavy atom. The number of aromatic nitrogens is 1. The lowest BCUT2D eigenvalue weighted by Gasteiger charge is -2.14. The molecular weight excluding hydrogens is 256 g/mol. The summed E-state index contributed by atoms with van der Waals surface area (Å²) >= 11 is 0. The first-order chi connectivity index (χ1) is 8.34. The fourth-order valence-corrected chi connectivity index (χ4v) is 2.77. The van der Waals surface area contributed by atoms with Gasteiger partial charge in [0, 0.05) is 40.4 Å². The molecule has 0 unspecified atom stereocenters. The Labute approximate surface area is 107 Å². The number of carbonyl (C=O) groups excluding carboxylic acids is 1. The molecule has 0 saturated carbocycles. The average Bonchev–Trinajstić information content (AvgIpc) is 2.71. The van der Waals surface area contributed by atoms with Gasteiger partial charge >= 0.3 is 0 Å². The van der Waals surface area contributed by atoms with Crippen LogP contribution in [0.3, 0.4) is 0 Å². The van der Waals surface area contributed by atoms with Crippen LogP contribution in [0, 0.1) is 0 Å². The van der Waals surface area contributed by atoms with Crippen molar-refractivity contribution in [3.63, 3.8) is 0 Å². The highest BCUT2D eigenvalue weighted by Gasteiger charge is 2.23. The van der Waals surface area contributed by atoms with E-state index >= 15 is 0 Å². The Morgan fingerprint density at radius 1 is 1.56 bits per heavy atom. The molecule has 1 aromatic rings. The van der Waals surface area contributed by atoms with Crippen molar-refractivity contribution in [3.05, 3.63) is 18.0 Å². The van der Waals surface area contributed by atoms with E-state index in [9.17, 15) is 13.2 Å². The lowest BCUT2D eigenvalue weighted by Crippen LogP contribution is -2.31. The van der Waals surface area contributed by atoms with E-state index in [-0.39, 0.29) is 29.6 Å². The maximum Gasteiger partial charge on any atom is 0.267 e. The predicted octanol–water partition coefficient (Wildman–Crippen LogP) is -1.04. The minimum atomic E-state index is -3.59. The Balaban J connectivity index is 3.15. The minimum absolute atomic E-state index is 0.0829. The van der Waals surface area contributed by atoms with Gasteiger partial charge in [0.25, 0.3) is 5.91 Å². The third-order valence-electron chi connectivity index (χ3n) is 2.59. The Morgan fingerprint density at radius 3 is 2.67 bits per heavy atom.